The minimum Gasteiger partial charge on any atom is -0.397 e. The van der Waals surface area contributed by atoms with Crippen molar-refractivity contribution in [1.29, 1.82) is 0 Å². The number of nitrogens with zero attached hydrogens (tertiary/aromatic N) is 4. The molecule has 12 heteroatoms. The maximum atomic E-state index is 15.2. The molecule has 0 spiro atoms. The van der Waals surface area contributed by atoms with Crippen molar-refractivity contribution in [1.82, 2.24) is 20.3 Å². The van der Waals surface area contributed by atoms with Gasteiger partial charge in [-0.1, -0.05) is 0 Å². The van der Waals surface area contributed by atoms with E-state index in [9.17, 15) is 4.79 Å². The summed E-state index contributed by atoms with van der Waals surface area (Å²) in [5.74, 6) is 0.276. The molecule has 5 rings (SSSR count). The Balaban J connectivity index is 1.25. The van der Waals surface area contributed by atoms with Gasteiger partial charge in [-0.15, -0.1) is 11.3 Å². The zero-order chi connectivity index (χ0) is 26.3. The van der Waals surface area contributed by atoms with Gasteiger partial charge in [-0.2, -0.15) is 0 Å². The number of ether oxygens (including phenoxy) is 2. The van der Waals surface area contributed by atoms with E-state index in [0.717, 1.165) is 11.3 Å². The molecule has 2 aliphatic rings. The predicted molar refractivity (Wildman–Crippen MR) is 140 cm³/mol. The van der Waals surface area contributed by atoms with E-state index >= 15 is 4.39 Å². The molecule has 1 fully saturated rings. The van der Waals surface area contributed by atoms with Gasteiger partial charge in [-0.25, -0.2) is 19.3 Å². The Hall–Kier alpha value is -2.93. The molecule has 1 amide bonds. The largest absolute Gasteiger partial charge is 0.397 e. The molecule has 0 aromatic carbocycles. The standard InChI is InChI=1S/C25H32FN7O3S/c1-12(35-3)11-36-20-10-33(9-18(20)27)23-17(26)7-14-6-15(4-5-19(14)32-23)31-24(34)22-21(28)16-8-29-13(2)30-25(16)37-22/h7-8,12,15,18,20H,4-6,9-11,27-28H2,1-3H3,(H,31,34). The number of nitrogens with two attached hydrogens (primary N) is 2. The number of nitrogens with one attached hydrogen (secondary N) is 1. The van der Waals surface area contributed by atoms with Crippen LogP contribution in [0.3, 0.4) is 0 Å². The molecule has 0 bridgehead atoms. The number of hydrogen-bond acceptors (Lipinski definition) is 10. The van der Waals surface area contributed by atoms with Crippen LogP contribution in [0.1, 0.15) is 40.1 Å². The van der Waals surface area contributed by atoms with Crippen LogP contribution in [-0.2, 0) is 22.3 Å². The topological polar surface area (TPSA) is 142 Å². The minimum atomic E-state index is -0.397. The van der Waals surface area contributed by atoms with Gasteiger partial charge < -0.3 is 31.2 Å². The monoisotopic (exact) mass is 529 g/mol. The highest BCUT2D eigenvalue weighted by Crippen LogP contribution is 2.33. The second-order valence-electron chi connectivity index (χ2n) is 9.78. The molecule has 1 aliphatic heterocycles. The number of carbonyl (C=O) groups excluding carboxylic acids is 1. The number of amides is 1. The van der Waals surface area contributed by atoms with Crippen LogP contribution in [-0.4, -0.2) is 72.0 Å². The molecular formula is C25H32FN7O3S. The Morgan fingerprint density at radius 3 is 2.97 bits per heavy atom. The highest BCUT2D eigenvalue weighted by atomic mass is 32.1. The summed E-state index contributed by atoms with van der Waals surface area (Å²) in [6, 6.07) is 1.15. The van der Waals surface area contributed by atoms with Crippen molar-refractivity contribution in [3.8, 4) is 0 Å². The summed E-state index contributed by atoms with van der Waals surface area (Å²) < 4.78 is 26.3. The van der Waals surface area contributed by atoms with Crippen molar-refractivity contribution in [3.63, 3.8) is 0 Å². The average Bonchev–Trinajstić information content (AvgIpc) is 3.40. The van der Waals surface area contributed by atoms with Gasteiger partial charge in [0, 0.05) is 38.1 Å². The molecule has 0 radical (unpaired) electrons. The van der Waals surface area contributed by atoms with Crippen LogP contribution >= 0.6 is 11.3 Å². The molecule has 198 valence electrons. The van der Waals surface area contributed by atoms with E-state index in [4.69, 9.17) is 20.9 Å². The first-order valence-electron chi connectivity index (χ1n) is 12.4. The third-order valence-electron chi connectivity index (χ3n) is 7.03. The van der Waals surface area contributed by atoms with Crippen LogP contribution in [0.4, 0.5) is 15.9 Å². The number of aromatic nitrogens is 3. The van der Waals surface area contributed by atoms with Gasteiger partial charge in [0.25, 0.3) is 5.91 Å². The van der Waals surface area contributed by atoms with E-state index in [-0.39, 0.29) is 30.2 Å². The molecule has 1 saturated heterocycles. The lowest BCUT2D eigenvalue weighted by Crippen LogP contribution is -2.39. The average molecular weight is 530 g/mol. The van der Waals surface area contributed by atoms with Crippen molar-refractivity contribution in [2.24, 2.45) is 5.73 Å². The SMILES string of the molecule is COC(C)COC1CN(c2nc3c(cc2F)CC(NC(=O)c2sc4nc(C)ncc4c2N)CC3)CC1N. The number of fused-ring (bicyclic) bond motifs is 2. The zero-order valence-corrected chi connectivity index (χ0v) is 22.0. The maximum absolute atomic E-state index is 15.2. The van der Waals surface area contributed by atoms with Crippen molar-refractivity contribution < 1.29 is 18.7 Å². The first-order chi connectivity index (χ1) is 17.7. The Morgan fingerprint density at radius 1 is 1.38 bits per heavy atom. The molecule has 4 heterocycles. The molecule has 5 N–H and O–H groups in total. The molecule has 4 atom stereocenters. The zero-order valence-electron chi connectivity index (χ0n) is 21.2. The Bertz CT molecular complexity index is 1320. The molecule has 0 saturated carbocycles. The van der Waals surface area contributed by atoms with E-state index in [1.807, 2.05) is 11.8 Å². The van der Waals surface area contributed by atoms with Gasteiger partial charge in [0.05, 0.1) is 35.9 Å². The second-order valence-corrected chi connectivity index (χ2v) is 10.8. The van der Waals surface area contributed by atoms with Crippen molar-refractivity contribution in [2.45, 2.75) is 57.4 Å². The van der Waals surface area contributed by atoms with Gasteiger partial charge in [-0.3, -0.25) is 4.79 Å². The third-order valence-corrected chi connectivity index (χ3v) is 8.14. The van der Waals surface area contributed by atoms with E-state index < -0.39 is 5.82 Å². The molecule has 1 aliphatic carbocycles. The highest BCUT2D eigenvalue weighted by molar-refractivity contribution is 7.21. The van der Waals surface area contributed by atoms with Crippen molar-refractivity contribution >= 4 is 39.0 Å². The van der Waals surface area contributed by atoms with Gasteiger partial charge in [0.1, 0.15) is 15.5 Å². The smallest absolute Gasteiger partial charge is 0.263 e. The Kier molecular flexibility index (Phi) is 7.26. The van der Waals surface area contributed by atoms with E-state index in [1.165, 1.54) is 17.4 Å². The summed E-state index contributed by atoms with van der Waals surface area (Å²) in [6.45, 7) is 5.08. The van der Waals surface area contributed by atoms with Crippen LogP contribution in [0, 0.1) is 12.7 Å². The molecule has 4 unspecified atom stereocenters. The normalized spacial score (nSPS) is 22.3. The van der Waals surface area contributed by atoms with Crippen LogP contribution in [0.15, 0.2) is 12.3 Å². The van der Waals surface area contributed by atoms with Crippen LogP contribution in [0.25, 0.3) is 10.2 Å². The number of halogens is 1. The predicted octanol–water partition coefficient (Wildman–Crippen LogP) is 1.97. The lowest BCUT2D eigenvalue weighted by molar-refractivity contribution is -0.0166. The summed E-state index contributed by atoms with van der Waals surface area (Å²) in [4.78, 5) is 29.2. The van der Waals surface area contributed by atoms with E-state index in [1.54, 1.807) is 20.2 Å². The Morgan fingerprint density at radius 2 is 2.19 bits per heavy atom. The first-order valence-corrected chi connectivity index (χ1v) is 13.2. The van der Waals surface area contributed by atoms with Crippen LogP contribution < -0.4 is 21.7 Å². The van der Waals surface area contributed by atoms with Crippen LogP contribution in [0.5, 0.6) is 0 Å². The van der Waals surface area contributed by atoms with Gasteiger partial charge in [-0.05, 0) is 44.7 Å². The number of anilines is 2. The lowest BCUT2D eigenvalue weighted by atomic mass is 9.91. The molecular weight excluding hydrogens is 497 g/mol. The molecule has 37 heavy (non-hydrogen) atoms. The van der Waals surface area contributed by atoms with E-state index in [0.29, 0.717) is 71.4 Å². The fourth-order valence-corrected chi connectivity index (χ4v) is 5.87. The second kappa shape index (κ2) is 10.4. The van der Waals surface area contributed by atoms with Gasteiger partial charge in [0.2, 0.25) is 0 Å². The number of hydrogen-bond donors (Lipinski definition) is 3. The summed E-state index contributed by atoms with van der Waals surface area (Å²) in [5, 5.41) is 3.74. The number of thiophene rings is 1. The fourth-order valence-electron chi connectivity index (χ4n) is 4.85. The van der Waals surface area contributed by atoms with Gasteiger partial charge in [0.15, 0.2) is 11.6 Å². The first kappa shape index (κ1) is 25.7. The van der Waals surface area contributed by atoms with Crippen molar-refractivity contribution in [3.05, 3.63) is 40.0 Å². The number of nitrogen functional groups attached to an aromatic ring is 1. The number of aryl methyl sites for hydroxylation is 2. The summed E-state index contributed by atoms with van der Waals surface area (Å²) in [6.07, 6.45) is 3.21. The fraction of sp³-hybridized carbons (Fsp3) is 0.520. The summed E-state index contributed by atoms with van der Waals surface area (Å²) in [7, 11) is 1.63. The molecule has 3 aromatic rings. The van der Waals surface area contributed by atoms with Gasteiger partial charge >= 0.3 is 0 Å². The number of pyridine rings is 1. The molecule has 10 nitrogen and oxygen atoms in total. The quantitative estimate of drug-likeness (QED) is 0.419. The third kappa shape index (κ3) is 5.24. The maximum Gasteiger partial charge on any atom is 0.263 e. The minimum absolute atomic E-state index is 0.0403. The number of rotatable bonds is 7. The van der Waals surface area contributed by atoms with Crippen molar-refractivity contribution in [2.75, 3.05) is 37.4 Å². The van der Waals surface area contributed by atoms with Crippen LogP contribution in [0.2, 0.25) is 0 Å². The highest BCUT2D eigenvalue weighted by Gasteiger charge is 2.34. The Labute approximate surface area is 218 Å². The summed E-state index contributed by atoms with van der Waals surface area (Å²) in [5.41, 5.74) is 14.5. The lowest BCUT2D eigenvalue weighted by Gasteiger charge is -2.27. The van der Waals surface area contributed by atoms with E-state index in [2.05, 4.69) is 20.3 Å². The number of carbonyl (C=O) groups is 1. The number of methoxy groups -OCH3 is 1. The summed E-state index contributed by atoms with van der Waals surface area (Å²) >= 11 is 1.25. The molecule has 3 aromatic heterocycles.